The maximum Gasteiger partial charge on any atom is 0.225 e. The molecule has 1 aromatic heterocycles. The zero-order valence-corrected chi connectivity index (χ0v) is 11.5. The molecule has 0 bridgehead atoms. The van der Waals surface area contributed by atoms with Gasteiger partial charge in [0.05, 0.1) is 0 Å². The first kappa shape index (κ1) is 13.6. The van der Waals surface area contributed by atoms with Crippen molar-refractivity contribution in [1.29, 1.82) is 0 Å². The number of nitroso groups, excluding NO2 is 1. The maximum absolute atomic E-state index is 14.3. The second-order valence-corrected chi connectivity index (χ2v) is 5.03. The summed E-state index contributed by atoms with van der Waals surface area (Å²) in [4.78, 5) is 21.1. The molecule has 6 heteroatoms. The van der Waals surface area contributed by atoms with Crippen molar-refractivity contribution < 1.29 is 4.39 Å². The summed E-state index contributed by atoms with van der Waals surface area (Å²) in [5, 5.41) is 2.74. The molecule has 21 heavy (non-hydrogen) atoms. The minimum Gasteiger partial charge on any atom is -0.341 e. The van der Waals surface area contributed by atoms with Crippen molar-refractivity contribution in [3.63, 3.8) is 0 Å². The SMILES string of the molecule is O=NCc1cccc(-c2cnc(N3CCCC3)nc2)c1F. The van der Waals surface area contributed by atoms with E-state index >= 15 is 0 Å². The number of halogens is 1. The average molecular weight is 286 g/mol. The fraction of sp³-hybridized carbons (Fsp3) is 0.333. The molecule has 0 N–H and O–H groups in total. The van der Waals surface area contributed by atoms with Crippen LogP contribution in [0.25, 0.3) is 11.1 Å². The molecular formula is C15H15FN4O. The van der Waals surface area contributed by atoms with E-state index in [-0.39, 0.29) is 12.1 Å². The quantitative estimate of drug-likeness (QED) is 0.810. The summed E-state index contributed by atoms with van der Waals surface area (Å²) in [6, 6.07) is 4.91. The maximum atomic E-state index is 14.3. The zero-order chi connectivity index (χ0) is 14.7. The number of aromatic nitrogens is 2. The van der Waals surface area contributed by atoms with E-state index in [4.69, 9.17) is 0 Å². The molecule has 108 valence electrons. The van der Waals surface area contributed by atoms with Crippen LogP contribution in [0.15, 0.2) is 35.8 Å². The largest absolute Gasteiger partial charge is 0.341 e. The molecule has 0 saturated carbocycles. The van der Waals surface area contributed by atoms with Crippen LogP contribution in [-0.2, 0) is 6.54 Å². The highest BCUT2D eigenvalue weighted by Gasteiger charge is 2.16. The van der Waals surface area contributed by atoms with Gasteiger partial charge < -0.3 is 4.90 Å². The van der Waals surface area contributed by atoms with Gasteiger partial charge in [-0.3, -0.25) is 0 Å². The molecule has 5 nitrogen and oxygen atoms in total. The Morgan fingerprint density at radius 3 is 2.57 bits per heavy atom. The van der Waals surface area contributed by atoms with Gasteiger partial charge in [-0.2, -0.15) is 4.91 Å². The van der Waals surface area contributed by atoms with E-state index in [0.29, 0.717) is 17.1 Å². The first-order valence-electron chi connectivity index (χ1n) is 6.93. The van der Waals surface area contributed by atoms with Crippen LogP contribution in [-0.4, -0.2) is 23.1 Å². The van der Waals surface area contributed by atoms with Crippen molar-refractivity contribution in [2.75, 3.05) is 18.0 Å². The van der Waals surface area contributed by atoms with E-state index in [1.165, 1.54) is 0 Å². The predicted molar refractivity (Wildman–Crippen MR) is 78.4 cm³/mol. The Morgan fingerprint density at radius 2 is 1.90 bits per heavy atom. The third kappa shape index (κ3) is 2.74. The summed E-state index contributed by atoms with van der Waals surface area (Å²) in [7, 11) is 0. The summed E-state index contributed by atoms with van der Waals surface area (Å²) in [5.74, 6) is 0.247. The number of benzene rings is 1. The van der Waals surface area contributed by atoms with Crippen molar-refractivity contribution in [2.45, 2.75) is 19.4 Å². The fourth-order valence-electron chi connectivity index (χ4n) is 2.54. The monoisotopic (exact) mass is 286 g/mol. The molecule has 0 amide bonds. The second kappa shape index (κ2) is 5.95. The highest BCUT2D eigenvalue weighted by Crippen LogP contribution is 2.25. The van der Waals surface area contributed by atoms with E-state index in [0.717, 1.165) is 25.9 Å². The van der Waals surface area contributed by atoms with Crippen LogP contribution < -0.4 is 4.90 Å². The molecule has 1 aliphatic heterocycles. The molecule has 1 aliphatic rings. The standard InChI is InChI=1S/C15H15FN4O/c16-14-11(10-19-21)4-3-5-13(14)12-8-17-15(18-9-12)20-6-1-2-7-20/h3-5,8-9H,1-2,6-7,10H2. The minimum atomic E-state index is -0.436. The molecule has 3 rings (SSSR count). The molecule has 0 atom stereocenters. The Balaban J connectivity index is 1.90. The second-order valence-electron chi connectivity index (χ2n) is 5.03. The van der Waals surface area contributed by atoms with Crippen molar-refractivity contribution in [1.82, 2.24) is 9.97 Å². The molecule has 0 spiro atoms. The Labute approximate surface area is 121 Å². The van der Waals surface area contributed by atoms with E-state index in [2.05, 4.69) is 20.0 Å². The highest BCUT2D eigenvalue weighted by atomic mass is 19.1. The lowest BCUT2D eigenvalue weighted by molar-refractivity contribution is 0.614. The number of nitrogens with zero attached hydrogens (tertiary/aromatic N) is 4. The predicted octanol–water partition coefficient (Wildman–Crippen LogP) is 3.15. The molecule has 1 saturated heterocycles. The van der Waals surface area contributed by atoms with E-state index in [9.17, 15) is 9.30 Å². The van der Waals surface area contributed by atoms with Crippen LogP contribution in [0.4, 0.5) is 10.3 Å². The molecule has 2 aromatic rings. The molecule has 0 radical (unpaired) electrons. The first-order chi connectivity index (χ1) is 10.3. The Kier molecular flexibility index (Phi) is 3.85. The molecule has 1 fully saturated rings. The van der Waals surface area contributed by atoms with Gasteiger partial charge in [-0.1, -0.05) is 23.4 Å². The number of anilines is 1. The molecule has 2 heterocycles. The van der Waals surface area contributed by atoms with Crippen LogP contribution in [0.3, 0.4) is 0 Å². The lowest BCUT2D eigenvalue weighted by atomic mass is 10.0. The molecule has 0 aliphatic carbocycles. The smallest absolute Gasteiger partial charge is 0.225 e. The molecule has 0 unspecified atom stereocenters. The summed E-state index contributed by atoms with van der Waals surface area (Å²) in [6.45, 7) is 1.76. The number of hydrogen-bond acceptors (Lipinski definition) is 5. The van der Waals surface area contributed by atoms with Crippen LogP contribution in [0.2, 0.25) is 0 Å². The van der Waals surface area contributed by atoms with Crippen molar-refractivity contribution in [2.24, 2.45) is 5.18 Å². The van der Waals surface area contributed by atoms with Crippen LogP contribution in [0.1, 0.15) is 18.4 Å². The summed E-state index contributed by atoms with van der Waals surface area (Å²) >= 11 is 0. The minimum absolute atomic E-state index is 0.174. The lowest BCUT2D eigenvalue weighted by Crippen LogP contribution is -2.20. The van der Waals surface area contributed by atoms with Gasteiger partial charge in [0.15, 0.2) is 0 Å². The highest BCUT2D eigenvalue weighted by molar-refractivity contribution is 5.64. The fourth-order valence-corrected chi connectivity index (χ4v) is 2.54. The Morgan fingerprint density at radius 1 is 1.19 bits per heavy atom. The summed E-state index contributed by atoms with van der Waals surface area (Å²) < 4.78 is 14.3. The van der Waals surface area contributed by atoms with Gasteiger partial charge in [0.2, 0.25) is 5.95 Å². The van der Waals surface area contributed by atoms with Gasteiger partial charge in [-0.05, 0) is 12.8 Å². The van der Waals surface area contributed by atoms with Crippen molar-refractivity contribution in [3.05, 3.63) is 46.9 Å². The van der Waals surface area contributed by atoms with Crippen LogP contribution >= 0.6 is 0 Å². The first-order valence-corrected chi connectivity index (χ1v) is 6.93. The third-order valence-electron chi connectivity index (χ3n) is 3.65. The van der Waals surface area contributed by atoms with Gasteiger partial charge >= 0.3 is 0 Å². The number of hydrogen-bond donors (Lipinski definition) is 0. The lowest BCUT2D eigenvalue weighted by Gasteiger charge is -2.15. The number of rotatable bonds is 4. The van der Waals surface area contributed by atoms with E-state index in [1.807, 2.05) is 0 Å². The summed E-state index contributed by atoms with van der Waals surface area (Å²) in [6.07, 6.45) is 5.55. The van der Waals surface area contributed by atoms with E-state index < -0.39 is 5.82 Å². The van der Waals surface area contributed by atoms with Crippen LogP contribution in [0, 0.1) is 10.7 Å². The Bertz CT molecular complexity index is 639. The normalized spacial score (nSPS) is 14.4. The van der Waals surface area contributed by atoms with Gasteiger partial charge in [-0.15, -0.1) is 0 Å². The van der Waals surface area contributed by atoms with Gasteiger partial charge in [0.1, 0.15) is 12.4 Å². The third-order valence-corrected chi connectivity index (χ3v) is 3.65. The van der Waals surface area contributed by atoms with Gasteiger partial charge in [0, 0.05) is 42.2 Å². The van der Waals surface area contributed by atoms with Crippen LogP contribution in [0.5, 0.6) is 0 Å². The van der Waals surface area contributed by atoms with Crippen molar-refractivity contribution in [3.8, 4) is 11.1 Å². The van der Waals surface area contributed by atoms with Gasteiger partial charge in [0.25, 0.3) is 0 Å². The summed E-state index contributed by atoms with van der Waals surface area (Å²) in [5.41, 5.74) is 1.28. The Hall–Kier alpha value is -2.37. The van der Waals surface area contributed by atoms with Crippen molar-refractivity contribution >= 4 is 5.95 Å². The van der Waals surface area contributed by atoms with Gasteiger partial charge in [-0.25, -0.2) is 14.4 Å². The average Bonchev–Trinajstić information content (AvgIpc) is 3.04. The topological polar surface area (TPSA) is 58.5 Å². The molecule has 1 aromatic carbocycles. The molecular weight excluding hydrogens is 271 g/mol. The zero-order valence-electron chi connectivity index (χ0n) is 11.5. The van der Waals surface area contributed by atoms with E-state index in [1.54, 1.807) is 30.6 Å².